The van der Waals surface area contributed by atoms with Crippen molar-refractivity contribution < 1.29 is 9.32 Å². The zero-order valence-corrected chi connectivity index (χ0v) is 16.0. The van der Waals surface area contributed by atoms with Crippen LogP contribution in [0.3, 0.4) is 0 Å². The number of amidine groups is 1. The van der Waals surface area contributed by atoms with E-state index in [0.717, 1.165) is 16.8 Å². The SMILES string of the molecule is CN(C)C(=N)c1ccc(-c2cc(CCC(=O)c3ccc(Cl)s3)on2)cc1. The van der Waals surface area contributed by atoms with Crippen molar-refractivity contribution in [1.82, 2.24) is 10.1 Å². The number of halogens is 1. The Bertz CT molecular complexity index is 928. The molecule has 134 valence electrons. The standard InChI is InChI=1S/C19H18ClN3O2S/c1-23(2)19(21)13-5-3-12(4-6-13)15-11-14(25-22-15)7-8-16(24)17-9-10-18(20)26-17/h3-6,9-11,21H,7-8H2,1-2H3. The van der Waals surface area contributed by atoms with Gasteiger partial charge in [0, 0.05) is 44.1 Å². The summed E-state index contributed by atoms with van der Waals surface area (Å²) in [5.41, 5.74) is 2.46. The maximum Gasteiger partial charge on any atom is 0.173 e. The van der Waals surface area contributed by atoms with Crippen LogP contribution >= 0.6 is 22.9 Å². The molecule has 0 atom stereocenters. The number of ketones is 1. The average molecular weight is 388 g/mol. The Hall–Kier alpha value is -2.44. The number of benzene rings is 1. The Kier molecular flexibility index (Phi) is 5.54. The third kappa shape index (κ3) is 4.20. The van der Waals surface area contributed by atoms with Crippen molar-refractivity contribution in [2.24, 2.45) is 0 Å². The second-order valence-electron chi connectivity index (χ2n) is 6.03. The lowest BCUT2D eigenvalue weighted by molar-refractivity contribution is 0.0984. The van der Waals surface area contributed by atoms with Crippen molar-refractivity contribution in [3.05, 3.63) is 63.0 Å². The molecule has 1 aromatic carbocycles. The Labute approximate surface area is 160 Å². The van der Waals surface area contributed by atoms with Crippen LogP contribution in [0, 0.1) is 5.41 Å². The zero-order valence-electron chi connectivity index (χ0n) is 14.5. The molecule has 7 heteroatoms. The van der Waals surface area contributed by atoms with Crippen LogP contribution in [-0.4, -0.2) is 35.8 Å². The number of carbonyl (C=O) groups is 1. The van der Waals surface area contributed by atoms with Gasteiger partial charge in [0.1, 0.15) is 17.3 Å². The molecule has 2 aromatic heterocycles. The number of aryl methyl sites for hydroxylation is 1. The molecule has 26 heavy (non-hydrogen) atoms. The molecule has 0 spiro atoms. The summed E-state index contributed by atoms with van der Waals surface area (Å²) >= 11 is 7.15. The summed E-state index contributed by atoms with van der Waals surface area (Å²) in [5, 5.41) is 12.1. The molecule has 5 nitrogen and oxygen atoms in total. The van der Waals surface area contributed by atoms with Gasteiger partial charge in [0.2, 0.25) is 0 Å². The van der Waals surface area contributed by atoms with Gasteiger partial charge in [-0.05, 0) is 12.1 Å². The summed E-state index contributed by atoms with van der Waals surface area (Å²) in [7, 11) is 3.68. The van der Waals surface area contributed by atoms with Crippen molar-refractivity contribution in [3.8, 4) is 11.3 Å². The van der Waals surface area contributed by atoms with E-state index in [1.54, 1.807) is 17.0 Å². The minimum atomic E-state index is 0.0476. The lowest BCUT2D eigenvalue weighted by atomic mass is 10.1. The van der Waals surface area contributed by atoms with E-state index in [9.17, 15) is 4.79 Å². The van der Waals surface area contributed by atoms with E-state index < -0.39 is 0 Å². The quantitative estimate of drug-likeness (QED) is 0.376. The lowest BCUT2D eigenvalue weighted by Crippen LogP contribution is -2.21. The minimum absolute atomic E-state index is 0.0476. The molecular weight excluding hydrogens is 370 g/mol. The van der Waals surface area contributed by atoms with E-state index in [1.807, 2.05) is 44.4 Å². The highest BCUT2D eigenvalue weighted by Gasteiger charge is 2.12. The van der Waals surface area contributed by atoms with Gasteiger partial charge in [-0.15, -0.1) is 11.3 Å². The van der Waals surface area contributed by atoms with E-state index in [1.165, 1.54) is 11.3 Å². The molecule has 0 saturated carbocycles. The van der Waals surface area contributed by atoms with Crippen molar-refractivity contribution in [1.29, 1.82) is 5.41 Å². The molecule has 0 fully saturated rings. The number of rotatable bonds is 6. The molecule has 0 aliphatic carbocycles. The largest absolute Gasteiger partial charge is 0.363 e. The van der Waals surface area contributed by atoms with Crippen molar-refractivity contribution >= 4 is 34.6 Å². The Balaban J connectivity index is 1.64. The Morgan fingerprint density at radius 1 is 1.23 bits per heavy atom. The van der Waals surface area contributed by atoms with Gasteiger partial charge in [0.05, 0.1) is 9.21 Å². The van der Waals surface area contributed by atoms with Gasteiger partial charge in [-0.2, -0.15) is 0 Å². The third-order valence-electron chi connectivity index (χ3n) is 3.91. The monoisotopic (exact) mass is 387 g/mol. The normalized spacial score (nSPS) is 10.7. The smallest absolute Gasteiger partial charge is 0.173 e. The second kappa shape index (κ2) is 7.85. The lowest BCUT2D eigenvalue weighted by Gasteiger charge is -2.13. The van der Waals surface area contributed by atoms with Crippen LogP contribution in [0.15, 0.2) is 47.0 Å². The van der Waals surface area contributed by atoms with E-state index in [0.29, 0.717) is 33.7 Å². The highest BCUT2D eigenvalue weighted by Crippen LogP contribution is 2.24. The fraction of sp³-hybridized carbons (Fsp3) is 0.211. The molecule has 0 amide bonds. The highest BCUT2D eigenvalue weighted by molar-refractivity contribution is 7.18. The Morgan fingerprint density at radius 2 is 1.96 bits per heavy atom. The van der Waals surface area contributed by atoms with Crippen molar-refractivity contribution in [3.63, 3.8) is 0 Å². The van der Waals surface area contributed by atoms with E-state index in [2.05, 4.69) is 5.16 Å². The Morgan fingerprint density at radius 3 is 2.58 bits per heavy atom. The van der Waals surface area contributed by atoms with Crippen LogP contribution in [0.2, 0.25) is 4.34 Å². The van der Waals surface area contributed by atoms with Gasteiger partial charge < -0.3 is 9.42 Å². The van der Waals surface area contributed by atoms with Gasteiger partial charge in [0.25, 0.3) is 0 Å². The molecule has 0 aliphatic rings. The predicted molar refractivity (Wildman–Crippen MR) is 104 cm³/mol. The third-order valence-corrected chi connectivity index (χ3v) is 5.18. The van der Waals surface area contributed by atoms with Gasteiger partial charge in [-0.3, -0.25) is 10.2 Å². The number of thiophene rings is 1. The molecule has 3 aromatic rings. The minimum Gasteiger partial charge on any atom is -0.363 e. The number of Topliss-reactive ketones (excluding diaryl/α,β-unsaturated/α-hetero) is 1. The summed E-state index contributed by atoms with van der Waals surface area (Å²) in [6.45, 7) is 0. The summed E-state index contributed by atoms with van der Waals surface area (Å²) in [6, 6.07) is 12.9. The second-order valence-corrected chi connectivity index (χ2v) is 7.74. The molecule has 0 radical (unpaired) electrons. The molecule has 0 unspecified atom stereocenters. The fourth-order valence-corrected chi connectivity index (χ4v) is 3.46. The van der Waals surface area contributed by atoms with Gasteiger partial charge in [-0.25, -0.2) is 0 Å². The van der Waals surface area contributed by atoms with Crippen LogP contribution < -0.4 is 0 Å². The zero-order chi connectivity index (χ0) is 18.7. The van der Waals surface area contributed by atoms with E-state index in [-0.39, 0.29) is 5.78 Å². The maximum absolute atomic E-state index is 12.1. The van der Waals surface area contributed by atoms with Crippen LogP contribution in [0.4, 0.5) is 0 Å². The first kappa shape index (κ1) is 18.4. The molecule has 0 aliphatic heterocycles. The number of carbonyl (C=O) groups excluding carboxylic acids is 1. The first-order valence-electron chi connectivity index (χ1n) is 8.05. The molecule has 1 N–H and O–H groups in total. The van der Waals surface area contributed by atoms with Crippen molar-refractivity contribution in [2.45, 2.75) is 12.8 Å². The number of nitrogens with zero attached hydrogens (tertiary/aromatic N) is 2. The average Bonchev–Trinajstić information content (AvgIpc) is 3.28. The predicted octanol–water partition coefficient (Wildman–Crippen LogP) is 4.76. The van der Waals surface area contributed by atoms with Crippen LogP contribution in [0.1, 0.15) is 27.4 Å². The highest BCUT2D eigenvalue weighted by atomic mass is 35.5. The molecular formula is C19H18ClN3O2S. The maximum atomic E-state index is 12.1. The summed E-state index contributed by atoms with van der Waals surface area (Å²) in [5.74, 6) is 1.16. The van der Waals surface area contributed by atoms with Gasteiger partial charge in [0.15, 0.2) is 5.78 Å². The molecule has 3 rings (SSSR count). The summed E-state index contributed by atoms with van der Waals surface area (Å²) < 4.78 is 5.96. The number of hydrogen-bond donors (Lipinski definition) is 1. The fourth-order valence-electron chi connectivity index (χ4n) is 2.45. The number of nitrogens with one attached hydrogen (secondary N) is 1. The van der Waals surface area contributed by atoms with Gasteiger partial charge >= 0.3 is 0 Å². The van der Waals surface area contributed by atoms with E-state index in [4.69, 9.17) is 21.5 Å². The van der Waals surface area contributed by atoms with Crippen LogP contribution in [0.5, 0.6) is 0 Å². The molecule has 0 saturated heterocycles. The molecule has 0 bridgehead atoms. The van der Waals surface area contributed by atoms with Crippen LogP contribution in [0.25, 0.3) is 11.3 Å². The number of aromatic nitrogens is 1. The van der Waals surface area contributed by atoms with Gasteiger partial charge in [-0.1, -0.05) is 41.0 Å². The molecule has 2 heterocycles. The van der Waals surface area contributed by atoms with Crippen molar-refractivity contribution in [2.75, 3.05) is 14.1 Å². The van der Waals surface area contributed by atoms with Crippen LogP contribution in [-0.2, 0) is 6.42 Å². The topological polar surface area (TPSA) is 70.2 Å². The summed E-state index contributed by atoms with van der Waals surface area (Å²) in [4.78, 5) is 14.5. The van der Waals surface area contributed by atoms with E-state index >= 15 is 0 Å². The summed E-state index contributed by atoms with van der Waals surface area (Å²) in [6.07, 6.45) is 0.842. The first-order chi connectivity index (χ1) is 12.4. The number of hydrogen-bond acceptors (Lipinski definition) is 5. The first-order valence-corrected chi connectivity index (χ1v) is 9.24.